The second-order valence-corrected chi connectivity index (χ2v) is 5.57. The van der Waals surface area contributed by atoms with Crippen LogP contribution in [0.5, 0.6) is 0 Å². The summed E-state index contributed by atoms with van der Waals surface area (Å²) < 4.78 is 5.79. The van der Waals surface area contributed by atoms with Crippen LogP contribution in [0.2, 0.25) is 0 Å². The number of hydrogen-bond donors (Lipinski definition) is 0. The Morgan fingerprint density at radius 2 is 1.70 bits per heavy atom. The molecule has 0 spiro atoms. The van der Waals surface area contributed by atoms with Crippen molar-refractivity contribution in [1.29, 1.82) is 0 Å². The molecule has 1 aromatic carbocycles. The summed E-state index contributed by atoms with van der Waals surface area (Å²) in [7, 11) is 0. The molecule has 0 amide bonds. The molecule has 0 aliphatic heterocycles. The highest BCUT2D eigenvalue weighted by molar-refractivity contribution is 5.88. The van der Waals surface area contributed by atoms with Gasteiger partial charge in [0.1, 0.15) is 11.6 Å². The molecule has 20 heavy (non-hydrogen) atoms. The normalized spacial score (nSPS) is 14.1. The van der Waals surface area contributed by atoms with Crippen molar-refractivity contribution in [2.75, 3.05) is 0 Å². The summed E-state index contributed by atoms with van der Waals surface area (Å²) in [5.74, 6) is -0.307. The third kappa shape index (κ3) is 5.25. The summed E-state index contributed by atoms with van der Waals surface area (Å²) in [6, 6.07) is 9.83. The first-order valence-corrected chi connectivity index (χ1v) is 7.10. The van der Waals surface area contributed by atoms with E-state index in [9.17, 15) is 9.59 Å². The summed E-state index contributed by atoms with van der Waals surface area (Å²) in [5, 5.41) is 0. The lowest BCUT2D eigenvalue weighted by Crippen LogP contribution is -2.32. The molecule has 0 heterocycles. The lowest BCUT2D eigenvalue weighted by molar-refractivity contribution is -0.135. The minimum absolute atomic E-state index is 0.0270. The zero-order valence-corrected chi connectivity index (χ0v) is 12.8. The second-order valence-electron chi connectivity index (χ2n) is 5.57. The molecule has 1 aromatic rings. The summed E-state index contributed by atoms with van der Waals surface area (Å²) in [6.45, 7) is 7.57. The molecule has 0 aromatic heterocycles. The van der Waals surface area contributed by atoms with Gasteiger partial charge in [0.2, 0.25) is 0 Å². The molecule has 1 rings (SSSR count). The van der Waals surface area contributed by atoms with Crippen LogP contribution in [0.3, 0.4) is 0 Å². The van der Waals surface area contributed by atoms with E-state index in [1.54, 1.807) is 0 Å². The number of carbonyl (C=O) groups excluding carboxylic acids is 2. The van der Waals surface area contributed by atoms with Crippen molar-refractivity contribution in [3.63, 3.8) is 0 Å². The predicted molar refractivity (Wildman–Crippen MR) is 79.3 cm³/mol. The molecule has 0 radical (unpaired) electrons. The van der Waals surface area contributed by atoms with Crippen molar-refractivity contribution in [2.24, 2.45) is 11.8 Å². The molecule has 0 saturated carbocycles. The second kappa shape index (κ2) is 7.95. The molecule has 0 fully saturated rings. The average Bonchev–Trinajstić information content (AvgIpc) is 2.42. The van der Waals surface area contributed by atoms with Crippen molar-refractivity contribution in [3.8, 4) is 0 Å². The fourth-order valence-corrected chi connectivity index (χ4v) is 2.15. The maximum absolute atomic E-state index is 12.2. The molecular formula is C17H24O3. The minimum Gasteiger partial charge on any atom is -0.373 e. The topological polar surface area (TPSA) is 43.4 Å². The van der Waals surface area contributed by atoms with Gasteiger partial charge >= 0.3 is 0 Å². The molecule has 2 atom stereocenters. The van der Waals surface area contributed by atoms with Gasteiger partial charge in [0.05, 0.1) is 18.6 Å². The van der Waals surface area contributed by atoms with Gasteiger partial charge < -0.3 is 9.53 Å². The van der Waals surface area contributed by atoms with E-state index < -0.39 is 0 Å². The Bertz CT molecular complexity index is 437. The van der Waals surface area contributed by atoms with E-state index in [1.807, 2.05) is 51.1 Å². The highest BCUT2D eigenvalue weighted by atomic mass is 16.5. The lowest BCUT2D eigenvalue weighted by atomic mass is 9.87. The van der Waals surface area contributed by atoms with E-state index in [2.05, 4.69) is 0 Å². The van der Waals surface area contributed by atoms with Gasteiger partial charge in [-0.15, -0.1) is 0 Å². The van der Waals surface area contributed by atoms with E-state index in [-0.39, 0.29) is 35.9 Å². The van der Waals surface area contributed by atoms with Crippen LogP contribution >= 0.6 is 0 Å². The fourth-order valence-electron chi connectivity index (χ4n) is 2.15. The Morgan fingerprint density at radius 3 is 2.20 bits per heavy atom. The number of ether oxygens (including phenoxy) is 1. The van der Waals surface area contributed by atoms with Crippen LogP contribution in [-0.2, 0) is 20.9 Å². The smallest absolute Gasteiger partial charge is 0.141 e. The van der Waals surface area contributed by atoms with Crippen LogP contribution in [0.4, 0.5) is 0 Å². The van der Waals surface area contributed by atoms with Crippen molar-refractivity contribution < 1.29 is 14.3 Å². The average molecular weight is 276 g/mol. The molecule has 0 bridgehead atoms. The standard InChI is InChI=1S/C17H24O3/c1-12(2)17(19)16(10-13(3)18)14(4)20-11-15-8-6-5-7-9-15/h5-9,12,14,16H,10-11H2,1-4H3/t14-,16+/m1/s1. The maximum Gasteiger partial charge on any atom is 0.141 e. The number of ketones is 2. The Labute approximate surface area is 121 Å². The van der Waals surface area contributed by atoms with E-state index in [4.69, 9.17) is 4.74 Å². The zero-order valence-electron chi connectivity index (χ0n) is 12.8. The molecule has 0 saturated heterocycles. The number of rotatable bonds is 8. The van der Waals surface area contributed by atoms with Gasteiger partial charge in [-0.2, -0.15) is 0 Å². The Kier molecular flexibility index (Phi) is 6.59. The summed E-state index contributed by atoms with van der Waals surface area (Å²) in [6.07, 6.45) is 0.00136. The SMILES string of the molecule is CC(=O)C[C@H](C(=O)C(C)C)[C@@H](C)OCc1ccccc1. The first-order chi connectivity index (χ1) is 9.41. The molecule has 3 nitrogen and oxygen atoms in total. The zero-order chi connectivity index (χ0) is 15.1. The minimum atomic E-state index is -0.351. The summed E-state index contributed by atoms with van der Waals surface area (Å²) in [5.41, 5.74) is 1.07. The lowest BCUT2D eigenvalue weighted by Gasteiger charge is -2.24. The Morgan fingerprint density at radius 1 is 1.10 bits per heavy atom. The largest absolute Gasteiger partial charge is 0.373 e. The monoisotopic (exact) mass is 276 g/mol. The van der Waals surface area contributed by atoms with Gasteiger partial charge in [0, 0.05) is 12.3 Å². The van der Waals surface area contributed by atoms with Crippen molar-refractivity contribution in [3.05, 3.63) is 35.9 Å². The molecular weight excluding hydrogens is 252 g/mol. The van der Waals surface area contributed by atoms with Crippen LogP contribution in [0.25, 0.3) is 0 Å². The fraction of sp³-hybridized carbons (Fsp3) is 0.529. The summed E-state index contributed by atoms with van der Waals surface area (Å²) in [4.78, 5) is 23.6. The van der Waals surface area contributed by atoms with Crippen LogP contribution in [0.1, 0.15) is 39.7 Å². The van der Waals surface area contributed by atoms with Gasteiger partial charge in [-0.3, -0.25) is 4.79 Å². The number of carbonyl (C=O) groups is 2. The van der Waals surface area contributed by atoms with E-state index in [1.165, 1.54) is 6.92 Å². The molecule has 110 valence electrons. The predicted octanol–water partition coefficient (Wildman–Crippen LogP) is 3.41. The van der Waals surface area contributed by atoms with Crippen molar-refractivity contribution in [2.45, 2.75) is 46.8 Å². The van der Waals surface area contributed by atoms with E-state index in [0.717, 1.165) is 5.56 Å². The molecule has 3 heteroatoms. The third-order valence-electron chi connectivity index (χ3n) is 3.36. The molecule has 0 unspecified atom stereocenters. The number of hydrogen-bond acceptors (Lipinski definition) is 3. The molecule has 0 aliphatic rings. The van der Waals surface area contributed by atoms with Crippen molar-refractivity contribution >= 4 is 11.6 Å². The number of benzene rings is 1. The Hall–Kier alpha value is -1.48. The van der Waals surface area contributed by atoms with Crippen LogP contribution in [-0.4, -0.2) is 17.7 Å². The van der Waals surface area contributed by atoms with Gasteiger partial charge in [0.25, 0.3) is 0 Å². The van der Waals surface area contributed by atoms with Gasteiger partial charge in [-0.25, -0.2) is 0 Å². The first kappa shape index (κ1) is 16.6. The third-order valence-corrected chi connectivity index (χ3v) is 3.36. The highest BCUT2D eigenvalue weighted by Gasteiger charge is 2.28. The first-order valence-electron chi connectivity index (χ1n) is 7.10. The van der Waals surface area contributed by atoms with Gasteiger partial charge in [-0.1, -0.05) is 44.2 Å². The van der Waals surface area contributed by atoms with E-state index in [0.29, 0.717) is 6.61 Å². The van der Waals surface area contributed by atoms with E-state index >= 15 is 0 Å². The molecule has 0 aliphatic carbocycles. The van der Waals surface area contributed by atoms with Crippen molar-refractivity contribution in [1.82, 2.24) is 0 Å². The van der Waals surface area contributed by atoms with Gasteiger partial charge in [0.15, 0.2) is 0 Å². The highest BCUT2D eigenvalue weighted by Crippen LogP contribution is 2.20. The van der Waals surface area contributed by atoms with Crippen LogP contribution < -0.4 is 0 Å². The summed E-state index contributed by atoms with van der Waals surface area (Å²) >= 11 is 0. The molecule has 0 N–H and O–H groups in total. The maximum atomic E-state index is 12.2. The van der Waals surface area contributed by atoms with Crippen LogP contribution in [0.15, 0.2) is 30.3 Å². The van der Waals surface area contributed by atoms with Crippen LogP contribution in [0, 0.1) is 11.8 Å². The van der Waals surface area contributed by atoms with Gasteiger partial charge in [-0.05, 0) is 19.4 Å². The Balaban J connectivity index is 2.65. The quantitative estimate of drug-likeness (QED) is 0.730. The number of Topliss-reactive ketones (excluding diaryl/α,β-unsaturated/α-hetero) is 2.